The molecule has 1 aliphatic heterocycles. The van der Waals surface area contributed by atoms with Gasteiger partial charge in [0.05, 0.1) is 13.2 Å². The van der Waals surface area contributed by atoms with Gasteiger partial charge in [-0.05, 0) is 80.5 Å². The molecule has 7 unspecified atom stereocenters. The molecule has 4 saturated carbocycles. The smallest absolute Gasteiger partial charge is 0.174 e. The van der Waals surface area contributed by atoms with E-state index in [0.29, 0.717) is 11.3 Å². The third kappa shape index (κ3) is 2.07. The van der Waals surface area contributed by atoms with Crippen LogP contribution >= 0.6 is 0 Å². The van der Waals surface area contributed by atoms with Crippen molar-refractivity contribution in [3.63, 3.8) is 0 Å². The highest BCUT2D eigenvalue weighted by atomic mass is 16.7. The summed E-state index contributed by atoms with van der Waals surface area (Å²) in [6.45, 7) is 6.50. The first-order valence-electron chi connectivity index (χ1n) is 10.8. The van der Waals surface area contributed by atoms with Crippen molar-refractivity contribution >= 4 is 0 Å². The SMILES string of the molecule is C#CC1(O)CCC2(C)C(CCC3C2CCC2(C)C3CCC23OCCO3)C1. The van der Waals surface area contributed by atoms with Crippen LogP contribution in [0.4, 0.5) is 0 Å². The van der Waals surface area contributed by atoms with E-state index in [2.05, 4.69) is 19.8 Å². The monoisotopic (exact) mass is 358 g/mol. The van der Waals surface area contributed by atoms with Gasteiger partial charge in [-0.25, -0.2) is 0 Å². The Kier molecular flexibility index (Phi) is 3.70. The largest absolute Gasteiger partial charge is 0.378 e. The minimum atomic E-state index is -0.858. The van der Waals surface area contributed by atoms with Gasteiger partial charge in [0.15, 0.2) is 5.79 Å². The number of hydrogen-bond donors (Lipinski definition) is 1. The fourth-order valence-electron chi connectivity index (χ4n) is 8.26. The van der Waals surface area contributed by atoms with Crippen LogP contribution in [0.3, 0.4) is 0 Å². The van der Waals surface area contributed by atoms with Gasteiger partial charge in [0, 0.05) is 11.8 Å². The van der Waals surface area contributed by atoms with Gasteiger partial charge in [-0.1, -0.05) is 19.8 Å². The summed E-state index contributed by atoms with van der Waals surface area (Å²) in [6.07, 6.45) is 15.7. The van der Waals surface area contributed by atoms with Crippen LogP contribution < -0.4 is 0 Å². The molecule has 1 heterocycles. The molecule has 5 fully saturated rings. The molecule has 0 aromatic carbocycles. The maximum atomic E-state index is 10.7. The van der Waals surface area contributed by atoms with Gasteiger partial charge in [0.25, 0.3) is 0 Å². The second-order valence-corrected chi connectivity index (χ2v) is 10.5. The Morgan fingerprint density at radius 1 is 0.923 bits per heavy atom. The summed E-state index contributed by atoms with van der Waals surface area (Å²) in [6, 6.07) is 0. The first kappa shape index (κ1) is 17.5. The summed E-state index contributed by atoms with van der Waals surface area (Å²) in [4.78, 5) is 0. The molecule has 5 aliphatic rings. The van der Waals surface area contributed by atoms with Crippen molar-refractivity contribution in [1.29, 1.82) is 0 Å². The Morgan fingerprint density at radius 3 is 2.38 bits per heavy atom. The van der Waals surface area contributed by atoms with Crippen LogP contribution in [0.25, 0.3) is 0 Å². The summed E-state index contributed by atoms with van der Waals surface area (Å²) in [5.74, 6) is 5.28. The minimum Gasteiger partial charge on any atom is -0.378 e. The van der Waals surface area contributed by atoms with Crippen LogP contribution in [-0.2, 0) is 9.47 Å². The molecule has 0 bridgehead atoms. The molecule has 0 aromatic heterocycles. The Hall–Kier alpha value is -0.560. The predicted octanol–water partition coefficient (Wildman–Crippen LogP) is 4.14. The van der Waals surface area contributed by atoms with E-state index in [9.17, 15) is 5.11 Å². The van der Waals surface area contributed by atoms with Crippen molar-refractivity contribution in [2.45, 2.75) is 83.0 Å². The molecule has 0 radical (unpaired) electrons. The standard InChI is InChI=1S/C23H34O3/c1-4-22(24)12-11-20(2)16(15-22)5-6-17-18(20)7-9-21(3)19(17)8-10-23(21)25-13-14-26-23/h1,16-19,24H,5-15H2,2-3H3. The molecule has 26 heavy (non-hydrogen) atoms. The third-order valence-corrected chi connectivity index (χ3v) is 9.79. The van der Waals surface area contributed by atoms with Crippen molar-refractivity contribution in [2.75, 3.05) is 13.2 Å². The molecule has 1 N–H and O–H groups in total. The van der Waals surface area contributed by atoms with Gasteiger partial charge in [0.2, 0.25) is 0 Å². The third-order valence-electron chi connectivity index (χ3n) is 9.79. The lowest BCUT2D eigenvalue weighted by Gasteiger charge is -2.62. The lowest BCUT2D eigenvalue weighted by Crippen LogP contribution is -2.58. The maximum Gasteiger partial charge on any atom is 0.174 e. The van der Waals surface area contributed by atoms with Crippen molar-refractivity contribution in [1.82, 2.24) is 0 Å². The molecule has 0 amide bonds. The zero-order valence-electron chi connectivity index (χ0n) is 16.4. The zero-order valence-corrected chi connectivity index (χ0v) is 16.4. The molecule has 1 spiro atoms. The van der Waals surface area contributed by atoms with Crippen molar-refractivity contribution in [3.05, 3.63) is 0 Å². The number of hydrogen-bond acceptors (Lipinski definition) is 3. The minimum absolute atomic E-state index is 0.183. The molecule has 144 valence electrons. The Labute approximate surface area is 158 Å². The van der Waals surface area contributed by atoms with Gasteiger partial charge in [-0.2, -0.15) is 0 Å². The van der Waals surface area contributed by atoms with E-state index < -0.39 is 5.60 Å². The van der Waals surface area contributed by atoms with Gasteiger partial charge >= 0.3 is 0 Å². The highest BCUT2D eigenvalue weighted by Crippen LogP contribution is 2.69. The molecule has 0 aromatic rings. The predicted molar refractivity (Wildman–Crippen MR) is 100 cm³/mol. The number of terminal acetylenes is 1. The average Bonchev–Trinajstić information content (AvgIpc) is 3.22. The van der Waals surface area contributed by atoms with Gasteiger partial charge in [-0.15, -0.1) is 6.42 Å². The van der Waals surface area contributed by atoms with E-state index in [1.807, 2.05) is 0 Å². The Bertz CT molecular complexity index is 632. The van der Waals surface area contributed by atoms with Crippen LogP contribution in [-0.4, -0.2) is 29.7 Å². The summed E-state index contributed by atoms with van der Waals surface area (Å²) in [5.41, 5.74) is -0.328. The normalized spacial score (nSPS) is 55.0. The van der Waals surface area contributed by atoms with Crippen molar-refractivity contribution in [2.24, 2.45) is 34.5 Å². The van der Waals surface area contributed by atoms with Crippen molar-refractivity contribution in [3.8, 4) is 12.3 Å². The summed E-state index contributed by atoms with van der Waals surface area (Å²) >= 11 is 0. The maximum absolute atomic E-state index is 10.7. The number of ether oxygens (including phenoxy) is 2. The highest BCUT2D eigenvalue weighted by molar-refractivity contribution is 5.17. The fourth-order valence-corrected chi connectivity index (χ4v) is 8.26. The Morgan fingerprint density at radius 2 is 1.65 bits per heavy atom. The molecule has 3 nitrogen and oxygen atoms in total. The number of fused-ring (bicyclic) bond motifs is 6. The number of rotatable bonds is 0. The van der Waals surface area contributed by atoms with Gasteiger partial charge < -0.3 is 14.6 Å². The van der Waals surface area contributed by atoms with E-state index in [1.54, 1.807) is 0 Å². The van der Waals surface area contributed by atoms with E-state index >= 15 is 0 Å². The summed E-state index contributed by atoms with van der Waals surface area (Å²) < 4.78 is 12.5. The van der Waals surface area contributed by atoms with Crippen LogP contribution in [0.5, 0.6) is 0 Å². The molecule has 7 atom stereocenters. The van der Waals surface area contributed by atoms with E-state index in [-0.39, 0.29) is 11.2 Å². The van der Waals surface area contributed by atoms with Crippen LogP contribution in [0.15, 0.2) is 0 Å². The molecular weight excluding hydrogens is 324 g/mol. The van der Waals surface area contributed by atoms with Crippen LogP contribution in [0.1, 0.15) is 71.6 Å². The molecular formula is C23H34O3. The molecule has 3 heteroatoms. The van der Waals surface area contributed by atoms with Gasteiger partial charge in [0.1, 0.15) is 5.60 Å². The lowest BCUT2D eigenvalue weighted by molar-refractivity contribution is -0.248. The first-order chi connectivity index (χ1) is 12.4. The van der Waals surface area contributed by atoms with Gasteiger partial charge in [-0.3, -0.25) is 0 Å². The van der Waals surface area contributed by atoms with Crippen molar-refractivity contribution < 1.29 is 14.6 Å². The quantitative estimate of drug-likeness (QED) is 0.662. The molecule has 4 aliphatic carbocycles. The summed E-state index contributed by atoms with van der Waals surface area (Å²) in [7, 11) is 0. The molecule has 1 saturated heterocycles. The second kappa shape index (κ2) is 5.49. The van der Waals surface area contributed by atoms with Crippen LogP contribution in [0.2, 0.25) is 0 Å². The first-order valence-corrected chi connectivity index (χ1v) is 10.8. The van der Waals surface area contributed by atoms with Crippen LogP contribution in [0, 0.1) is 46.8 Å². The zero-order chi connectivity index (χ0) is 18.2. The number of aliphatic hydroxyl groups is 1. The summed E-state index contributed by atoms with van der Waals surface area (Å²) in [5, 5.41) is 10.7. The second-order valence-electron chi connectivity index (χ2n) is 10.5. The average molecular weight is 359 g/mol. The van der Waals surface area contributed by atoms with E-state index in [4.69, 9.17) is 15.9 Å². The highest BCUT2D eigenvalue weighted by Gasteiger charge is 2.67. The topological polar surface area (TPSA) is 38.7 Å². The van der Waals surface area contributed by atoms with E-state index in [0.717, 1.165) is 56.7 Å². The van der Waals surface area contributed by atoms with E-state index in [1.165, 1.54) is 32.1 Å². The molecule has 5 rings (SSSR count). The fraction of sp³-hybridized carbons (Fsp3) is 0.913. The lowest BCUT2D eigenvalue weighted by atomic mass is 9.44. The Balaban J connectivity index is 1.43.